The molecule has 6 heteroatoms. The van der Waals surface area contributed by atoms with Gasteiger partial charge < -0.3 is 0 Å². The van der Waals surface area contributed by atoms with Gasteiger partial charge in [-0.25, -0.2) is 12.7 Å². The van der Waals surface area contributed by atoms with Gasteiger partial charge in [0.1, 0.15) is 0 Å². The highest BCUT2D eigenvalue weighted by atomic mass is 32.2. The van der Waals surface area contributed by atoms with Crippen LogP contribution in [-0.4, -0.2) is 37.0 Å². The predicted octanol–water partition coefficient (Wildman–Crippen LogP) is 1.33. The normalized spacial score (nSPS) is 11.9. The van der Waals surface area contributed by atoms with Crippen LogP contribution in [0.25, 0.3) is 11.3 Å². The van der Waals surface area contributed by atoms with Gasteiger partial charge in [0, 0.05) is 20.3 Å². The first-order chi connectivity index (χ1) is 8.01. The Balaban J connectivity index is 2.38. The van der Waals surface area contributed by atoms with Crippen molar-refractivity contribution in [1.29, 1.82) is 0 Å². The Kier molecular flexibility index (Phi) is 2.99. The summed E-state index contributed by atoms with van der Waals surface area (Å²) in [7, 11) is -0.331. The summed E-state index contributed by atoms with van der Waals surface area (Å²) in [5.74, 6) is 0. The minimum Gasteiger partial charge on any atom is -0.278 e. The molecule has 0 amide bonds. The number of H-pyrrole nitrogens is 1. The van der Waals surface area contributed by atoms with Gasteiger partial charge in [0.05, 0.1) is 10.6 Å². The zero-order valence-corrected chi connectivity index (χ0v) is 10.4. The number of benzene rings is 1. The number of hydrogen-bond acceptors (Lipinski definition) is 3. The summed E-state index contributed by atoms with van der Waals surface area (Å²) in [5.41, 5.74) is 1.76. The molecule has 5 nitrogen and oxygen atoms in total. The van der Waals surface area contributed by atoms with E-state index in [9.17, 15) is 8.42 Å². The topological polar surface area (TPSA) is 66.1 Å². The second-order valence-corrected chi connectivity index (χ2v) is 5.93. The van der Waals surface area contributed by atoms with Crippen LogP contribution in [0.1, 0.15) is 0 Å². The molecule has 0 fully saturated rings. The van der Waals surface area contributed by atoms with Gasteiger partial charge in [-0.1, -0.05) is 12.1 Å². The van der Waals surface area contributed by atoms with Crippen LogP contribution in [0.4, 0.5) is 0 Å². The lowest BCUT2D eigenvalue weighted by molar-refractivity contribution is 0.521. The molecular formula is C11H13N3O2S. The van der Waals surface area contributed by atoms with Crippen molar-refractivity contribution in [3.8, 4) is 11.3 Å². The second-order valence-electron chi connectivity index (χ2n) is 3.78. The third kappa shape index (κ3) is 2.22. The summed E-state index contributed by atoms with van der Waals surface area (Å²) in [6, 6.07) is 8.51. The fourth-order valence-electron chi connectivity index (χ4n) is 1.43. The molecule has 0 aliphatic heterocycles. The number of aromatic nitrogens is 2. The van der Waals surface area contributed by atoms with Crippen LogP contribution in [-0.2, 0) is 10.0 Å². The third-order valence-corrected chi connectivity index (χ3v) is 4.27. The molecule has 0 aliphatic rings. The Labute approximate surface area is 100 Å². The van der Waals surface area contributed by atoms with Gasteiger partial charge in [-0.15, -0.1) is 0 Å². The largest absolute Gasteiger partial charge is 0.278 e. The van der Waals surface area contributed by atoms with Gasteiger partial charge in [-0.05, 0) is 23.8 Å². The Morgan fingerprint density at radius 2 is 1.76 bits per heavy atom. The molecule has 0 saturated heterocycles. The molecule has 2 rings (SSSR count). The van der Waals surface area contributed by atoms with E-state index in [1.165, 1.54) is 18.4 Å². The average molecular weight is 251 g/mol. The maximum atomic E-state index is 11.8. The van der Waals surface area contributed by atoms with Crippen molar-refractivity contribution in [2.24, 2.45) is 0 Å². The zero-order valence-electron chi connectivity index (χ0n) is 9.58. The Bertz CT molecular complexity index is 586. The Morgan fingerprint density at radius 3 is 2.24 bits per heavy atom. The van der Waals surface area contributed by atoms with Crippen molar-refractivity contribution in [2.75, 3.05) is 14.1 Å². The molecule has 0 saturated carbocycles. The molecule has 90 valence electrons. The van der Waals surface area contributed by atoms with Crippen LogP contribution in [0.2, 0.25) is 0 Å². The first-order valence-electron chi connectivity index (χ1n) is 5.04. The summed E-state index contributed by atoms with van der Waals surface area (Å²) >= 11 is 0. The summed E-state index contributed by atoms with van der Waals surface area (Å²) in [6.07, 6.45) is 1.65. The highest BCUT2D eigenvalue weighted by Gasteiger charge is 2.16. The molecule has 1 aromatic carbocycles. The van der Waals surface area contributed by atoms with Gasteiger partial charge in [0.25, 0.3) is 0 Å². The van der Waals surface area contributed by atoms with Crippen molar-refractivity contribution in [1.82, 2.24) is 14.5 Å². The molecule has 17 heavy (non-hydrogen) atoms. The van der Waals surface area contributed by atoms with Crippen molar-refractivity contribution < 1.29 is 8.42 Å². The fourth-order valence-corrected chi connectivity index (χ4v) is 2.34. The first kappa shape index (κ1) is 11.8. The van der Waals surface area contributed by atoms with Crippen LogP contribution in [0.3, 0.4) is 0 Å². The predicted molar refractivity (Wildman–Crippen MR) is 64.9 cm³/mol. The maximum absolute atomic E-state index is 11.8. The lowest BCUT2D eigenvalue weighted by atomic mass is 10.2. The molecule has 1 heterocycles. The molecule has 0 atom stereocenters. The summed E-state index contributed by atoms with van der Waals surface area (Å²) in [4.78, 5) is 0.283. The number of rotatable bonds is 3. The van der Waals surface area contributed by atoms with Crippen molar-refractivity contribution in [3.05, 3.63) is 36.5 Å². The number of sulfonamides is 1. The van der Waals surface area contributed by atoms with Gasteiger partial charge >= 0.3 is 0 Å². The molecule has 1 N–H and O–H groups in total. The Morgan fingerprint density at radius 1 is 1.12 bits per heavy atom. The minimum absolute atomic E-state index is 0.283. The van der Waals surface area contributed by atoms with E-state index in [-0.39, 0.29) is 4.90 Å². The third-order valence-electron chi connectivity index (χ3n) is 2.44. The lowest BCUT2D eigenvalue weighted by Crippen LogP contribution is -2.22. The average Bonchev–Trinajstić information content (AvgIpc) is 2.82. The fraction of sp³-hybridized carbons (Fsp3) is 0.182. The van der Waals surface area contributed by atoms with Gasteiger partial charge in [0.2, 0.25) is 10.0 Å². The molecule has 1 aromatic heterocycles. The van der Waals surface area contributed by atoms with Crippen LogP contribution in [0, 0.1) is 0 Å². The van der Waals surface area contributed by atoms with Gasteiger partial charge in [0.15, 0.2) is 0 Å². The van der Waals surface area contributed by atoms with Crippen molar-refractivity contribution in [2.45, 2.75) is 4.90 Å². The quantitative estimate of drug-likeness (QED) is 0.894. The SMILES string of the molecule is CN(C)S(=O)(=O)c1ccc(-c2ccn[nH]2)cc1. The van der Waals surface area contributed by atoms with E-state index < -0.39 is 10.0 Å². The molecule has 0 radical (unpaired) electrons. The lowest BCUT2D eigenvalue weighted by Gasteiger charge is -2.11. The highest BCUT2D eigenvalue weighted by Crippen LogP contribution is 2.20. The van der Waals surface area contributed by atoms with Crippen LogP contribution < -0.4 is 0 Å². The monoisotopic (exact) mass is 251 g/mol. The molecule has 0 spiro atoms. The standard InChI is InChI=1S/C11H13N3O2S/c1-14(2)17(15,16)10-5-3-9(4-6-10)11-7-8-12-13-11/h3-8H,1-2H3,(H,12,13). The molecule has 2 aromatic rings. The van der Waals surface area contributed by atoms with Crippen LogP contribution in [0.5, 0.6) is 0 Å². The molecule has 0 bridgehead atoms. The van der Waals surface area contributed by atoms with E-state index in [0.717, 1.165) is 11.3 Å². The van der Waals surface area contributed by atoms with Crippen LogP contribution in [0.15, 0.2) is 41.4 Å². The molecule has 0 aliphatic carbocycles. The van der Waals surface area contributed by atoms with Crippen LogP contribution >= 0.6 is 0 Å². The molecule has 0 unspecified atom stereocenters. The van der Waals surface area contributed by atoms with E-state index in [2.05, 4.69) is 10.2 Å². The van der Waals surface area contributed by atoms with E-state index in [1.807, 2.05) is 6.07 Å². The summed E-state index contributed by atoms with van der Waals surface area (Å²) in [6.45, 7) is 0. The summed E-state index contributed by atoms with van der Waals surface area (Å²) < 4.78 is 24.9. The van der Waals surface area contributed by atoms with Gasteiger partial charge in [-0.2, -0.15) is 5.10 Å². The minimum atomic E-state index is -3.35. The van der Waals surface area contributed by atoms with Crippen molar-refractivity contribution >= 4 is 10.0 Å². The van der Waals surface area contributed by atoms with E-state index in [0.29, 0.717) is 0 Å². The number of aromatic amines is 1. The smallest absolute Gasteiger partial charge is 0.242 e. The van der Waals surface area contributed by atoms with Gasteiger partial charge in [-0.3, -0.25) is 5.10 Å². The maximum Gasteiger partial charge on any atom is 0.242 e. The van der Waals surface area contributed by atoms with Crippen molar-refractivity contribution in [3.63, 3.8) is 0 Å². The number of nitrogens with one attached hydrogen (secondary N) is 1. The zero-order chi connectivity index (χ0) is 12.5. The second kappa shape index (κ2) is 4.31. The molecular weight excluding hydrogens is 238 g/mol. The van der Waals surface area contributed by atoms with E-state index in [1.54, 1.807) is 30.5 Å². The Hall–Kier alpha value is -1.66. The highest BCUT2D eigenvalue weighted by molar-refractivity contribution is 7.89. The number of hydrogen-bond donors (Lipinski definition) is 1. The van der Waals surface area contributed by atoms with E-state index >= 15 is 0 Å². The first-order valence-corrected chi connectivity index (χ1v) is 6.48. The number of nitrogens with zero attached hydrogens (tertiary/aromatic N) is 2. The van der Waals surface area contributed by atoms with E-state index in [4.69, 9.17) is 0 Å². The summed E-state index contributed by atoms with van der Waals surface area (Å²) in [5, 5.41) is 6.67.